The van der Waals surface area contributed by atoms with Gasteiger partial charge >= 0.3 is 0 Å². The number of hydrogen-bond donors (Lipinski definition) is 2. The van der Waals surface area contributed by atoms with Gasteiger partial charge in [0.1, 0.15) is 5.82 Å². The van der Waals surface area contributed by atoms with E-state index in [1.165, 1.54) is 12.1 Å². The molecule has 0 aliphatic carbocycles. The third kappa shape index (κ3) is 4.48. The van der Waals surface area contributed by atoms with Crippen LogP contribution in [0.3, 0.4) is 0 Å². The van der Waals surface area contributed by atoms with Crippen LogP contribution in [0.15, 0.2) is 42.5 Å². The second-order valence-corrected chi connectivity index (χ2v) is 8.85. The highest BCUT2D eigenvalue weighted by molar-refractivity contribution is 6.04. The number of aromatic amines is 1. The first-order chi connectivity index (χ1) is 14.8. The van der Waals surface area contributed by atoms with Crippen LogP contribution >= 0.6 is 0 Å². The summed E-state index contributed by atoms with van der Waals surface area (Å²) >= 11 is 0. The molecular formula is C25H28FN3O2. The molecule has 31 heavy (non-hydrogen) atoms. The van der Waals surface area contributed by atoms with Crippen molar-refractivity contribution in [2.24, 2.45) is 11.8 Å². The van der Waals surface area contributed by atoms with E-state index in [9.17, 15) is 14.0 Å². The van der Waals surface area contributed by atoms with E-state index in [0.29, 0.717) is 28.5 Å². The van der Waals surface area contributed by atoms with Gasteiger partial charge in [0, 0.05) is 29.7 Å². The lowest BCUT2D eigenvalue weighted by molar-refractivity contribution is -0.115. The molecule has 162 valence electrons. The van der Waals surface area contributed by atoms with E-state index in [1.54, 1.807) is 24.3 Å². The zero-order valence-corrected chi connectivity index (χ0v) is 18.2. The molecule has 2 heterocycles. The van der Waals surface area contributed by atoms with Crippen LogP contribution in [0.25, 0.3) is 10.9 Å². The molecule has 2 amide bonds. The first kappa shape index (κ1) is 21.1. The molecular weight excluding hydrogens is 393 g/mol. The number of fused-ring (bicyclic) bond motifs is 1. The maximum Gasteiger partial charge on any atom is 0.255 e. The standard InChI is InChI=1S/C25H28FN3O2/c1-15-10-16(2)14-29(13-15)25(31)19-6-4-5-7-22(19)28-24(30)12-20-17(3)27-23-9-8-18(26)11-21(20)23/h4-9,11,15-16,27H,10,12-14H2,1-3H3,(H,28,30). The van der Waals surface area contributed by atoms with Crippen LogP contribution < -0.4 is 5.32 Å². The van der Waals surface area contributed by atoms with Crippen LogP contribution in [0.5, 0.6) is 0 Å². The summed E-state index contributed by atoms with van der Waals surface area (Å²) in [4.78, 5) is 31.2. The van der Waals surface area contributed by atoms with E-state index >= 15 is 0 Å². The smallest absolute Gasteiger partial charge is 0.255 e. The number of nitrogens with zero attached hydrogens (tertiary/aromatic N) is 1. The first-order valence-electron chi connectivity index (χ1n) is 10.8. The molecule has 0 saturated carbocycles. The molecule has 1 saturated heterocycles. The summed E-state index contributed by atoms with van der Waals surface area (Å²) in [6.45, 7) is 7.65. The number of benzene rings is 2. The third-order valence-corrected chi connectivity index (χ3v) is 6.01. The van der Waals surface area contributed by atoms with Crippen molar-refractivity contribution in [3.8, 4) is 0 Å². The molecule has 2 unspecified atom stereocenters. The number of para-hydroxylation sites is 1. The van der Waals surface area contributed by atoms with Gasteiger partial charge in [0.15, 0.2) is 0 Å². The summed E-state index contributed by atoms with van der Waals surface area (Å²) in [5.41, 5.74) is 3.39. The van der Waals surface area contributed by atoms with Crippen molar-refractivity contribution in [3.05, 3.63) is 65.1 Å². The van der Waals surface area contributed by atoms with Crippen molar-refractivity contribution >= 4 is 28.4 Å². The fourth-order valence-electron chi connectivity index (χ4n) is 4.72. The molecule has 1 aliphatic heterocycles. The maximum atomic E-state index is 13.7. The average Bonchev–Trinajstić information content (AvgIpc) is 3.02. The van der Waals surface area contributed by atoms with Gasteiger partial charge in [-0.1, -0.05) is 26.0 Å². The number of amides is 2. The van der Waals surface area contributed by atoms with Crippen LogP contribution in [0.2, 0.25) is 0 Å². The zero-order valence-electron chi connectivity index (χ0n) is 18.2. The quantitative estimate of drug-likeness (QED) is 0.628. The number of rotatable bonds is 4. The van der Waals surface area contributed by atoms with Crippen LogP contribution in [0, 0.1) is 24.6 Å². The summed E-state index contributed by atoms with van der Waals surface area (Å²) in [5, 5.41) is 3.61. The average molecular weight is 422 g/mol. The Morgan fingerprint density at radius 2 is 1.84 bits per heavy atom. The fraction of sp³-hybridized carbons (Fsp3) is 0.360. The number of aromatic nitrogens is 1. The number of aryl methyl sites for hydroxylation is 1. The molecule has 4 rings (SSSR count). The molecule has 2 aromatic carbocycles. The number of hydrogen-bond acceptors (Lipinski definition) is 2. The number of piperidine rings is 1. The molecule has 0 spiro atoms. The monoisotopic (exact) mass is 421 g/mol. The van der Waals surface area contributed by atoms with Crippen molar-refractivity contribution in [2.75, 3.05) is 18.4 Å². The summed E-state index contributed by atoms with van der Waals surface area (Å²) in [6.07, 6.45) is 1.21. The molecule has 2 N–H and O–H groups in total. The minimum atomic E-state index is -0.339. The van der Waals surface area contributed by atoms with Crippen molar-refractivity contribution in [1.29, 1.82) is 0 Å². The van der Waals surface area contributed by atoms with E-state index in [-0.39, 0.29) is 24.1 Å². The Morgan fingerprint density at radius 1 is 1.13 bits per heavy atom. The van der Waals surface area contributed by atoms with Gasteiger partial charge in [-0.15, -0.1) is 0 Å². The van der Waals surface area contributed by atoms with Gasteiger partial charge in [-0.2, -0.15) is 0 Å². The van der Waals surface area contributed by atoms with Crippen molar-refractivity contribution in [2.45, 2.75) is 33.6 Å². The molecule has 1 aromatic heterocycles. The van der Waals surface area contributed by atoms with E-state index in [4.69, 9.17) is 0 Å². The first-order valence-corrected chi connectivity index (χ1v) is 10.8. The molecule has 2 atom stereocenters. The van der Waals surface area contributed by atoms with Gasteiger partial charge in [0.25, 0.3) is 5.91 Å². The number of nitrogens with one attached hydrogen (secondary N) is 2. The minimum absolute atomic E-state index is 0.0559. The predicted molar refractivity (Wildman–Crippen MR) is 121 cm³/mol. The number of halogens is 1. The summed E-state index contributed by atoms with van der Waals surface area (Å²) < 4.78 is 13.7. The van der Waals surface area contributed by atoms with Gasteiger partial charge < -0.3 is 15.2 Å². The molecule has 5 nitrogen and oxygen atoms in total. The second kappa shape index (κ2) is 8.53. The van der Waals surface area contributed by atoms with Gasteiger partial charge in [0.05, 0.1) is 17.7 Å². The van der Waals surface area contributed by atoms with Gasteiger partial charge in [-0.25, -0.2) is 4.39 Å². The predicted octanol–water partition coefficient (Wildman–Crippen LogP) is 4.91. The number of H-pyrrole nitrogens is 1. The topological polar surface area (TPSA) is 65.2 Å². The van der Waals surface area contributed by atoms with Crippen molar-refractivity contribution in [1.82, 2.24) is 9.88 Å². The van der Waals surface area contributed by atoms with Crippen LogP contribution in [-0.2, 0) is 11.2 Å². The SMILES string of the molecule is Cc1[nH]c2ccc(F)cc2c1CC(=O)Nc1ccccc1C(=O)N1CC(C)CC(C)C1. The van der Waals surface area contributed by atoms with E-state index < -0.39 is 0 Å². The Labute approximate surface area is 181 Å². The van der Waals surface area contributed by atoms with Crippen LogP contribution in [-0.4, -0.2) is 34.8 Å². The highest BCUT2D eigenvalue weighted by Gasteiger charge is 2.27. The molecule has 6 heteroatoms. The largest absolute Gasteiger partial charge is 0.358 e. The Kier molecular flexibility index (Phi) is 5.81. The lowest BCUT2D eigenvalue weighted by Crippen LogP contribution is -2.42. The Bertz CT molecular complexity index is 1130. The molecule has 0 radical (unpaired) electrons. The highest BCUT2D eigenvalue weighted by Crippen LogP contribution is 2.26. The number of anilines is 1. The van der Waals surface area contributed by atoms with Crippen molar-refractivity contribution < 1.29 is 14.0 Å². The number of carbonyl (C=O) groups excluding carboxylic acids is 2. The Balaban J connectivity index is 1.54. The summed E-state index contributed by atoms with van der Waals surface area (Å²) in [7, 11) is 0. The lowest BCUT2D eigenvalue weighted by atomic mass is 9.91. The van der Waals surface area contributed by atoms with E-state index in [1.807, 2.05) is 17.9 Å². The van der Waals surface area contributed by atoms with Gasteiger partial charge in [0.2, 0.25) is 5.91 Å². The number of likely N-dealkylation sites (tertiary alicyclic amines) is 1. The lowest BCUT2D eigenvalue weighted by Gasteiger charge is -2.35. The fourth-order valence-corrected chi connectivity index (χ4v) is 4.72. The molecule has 1 aliphatic rings. The van der Waals surface area contributed by atoms with Crippen LogP contribution in [0.1, 0.15) is 41.9 Å². The molecule has 0 bridgehead atoms. The maximum absolute atomic E-state index is 13.7. The minimum Gasteiger partial charge on any atom is -0.358 e. The van der Waals surface area contributed by atoms with Gasteiger partial charge in [-0.05, 0) is 61.1 Å². The summed E-state index contributed by atoms with van der Waals surface area (Å²) in [6, 6.07) is 11.6. The van der Waals surface area contributed by atoms with E-state index in [0.717, 1.165) is 36.3 Å². The molecule has 1 fully saturated rings. The second-order valence-electron chi connectivity index (χ2n) is 8.85. The third-order valence-electron chi connectivity index (χ3n) is 6.01. The van der Waals surface area contributed by atoms with E-state index in [2.05, 4.69) is 24.1 Å². The Morgan fingerprint density at radius 3 is 2.58 bits per heavy atom. The number of carbonyl (C=O) groups is 2. The highest BCUT2D eigenvalue weighted by atomic mass is 19.1. The summed E-state index contributed by atoms with van der Waals surface area (Å²) in [5.74, 6) is 0.280. The normalized spacial score (nSPS) is 18.9. The van der Waals surface area contributed by atoms with Gasteiger partial charge in [-0.3, -0.25) is 9.59 Å². The van der Waals surface area contributed by atoms with Crippen molar-refractivity contribution in [3.63, 3.8) is 0 Å². The Hall–Kier alpha value is -3.15. The van der Waals surface area contributed by atoms with Crippen LogP contribution in [0.4, 0.5) is 10.1 Å². The zero-order chi connectivity index (χ0) is 22.1. The molecule has 3 aromatic rings.